The minimum Gasteiger partial charge on any atom is -0.465 e. The van der Waals surface area contributed by atoms with Gasteiger partial charge in [-0.1, -0.05) is 6.07 Å². The average Bonchev–Trinajstić information content (AvgIpc) is 2.45. The van der Waals surface area contributed by atoms with Crippen LogP contribution in [-0.4, -0.2) is 23.0 Å². The van der Waals surface area contributed by atoms with E-state index < -0.39 is 11.8 Å². The van der Waals surface area contributed by atoms with E-state index in [2.05, 4.69) is 14.7 Å². The lowest BCUT2D eigenvalue weighted by Crippen LogP contribution is -2.04. The topological polar surface area (TPSA) is 52.1 Å². The molecule has 0 aliphatic heterocycles. The number of hydrogen-bond donors (Lipinski definition) is 0. The van der Waals surface area contributed by atoms with Crippen LogP contribution in [0.5, 0.6) is 0 Å². The number of thioether (sulfide) groups is 1. The Morgan fingerprint density at radius 3 is 2.89 bits per heavy atom. The van der Waals surface area contributed by atoms with Crippen molar-refractivity contribution in [3.63, 3.8) is 0 Å². The Morgan fingerprint density at radius 1 is 1.42 bits per heavy atom. The van der Waals surface area contributed by atoms with Crippen molar-refractivity contribution in [3.05, 3.63) is 53.7 Å². The fourth-order valence-corrected chi connectivity index (χ4v) is 2.22. The second-order valence-electron chi connectivity index (χ2n) is 3.64. The molecule has 0 bridgehead atoms. The summed E-state index contributed by atoms with van der Waals surface area (Å²) < 4.78 is 18.2. The quantitative estimate of drug-likeness (QED) is 0.489. The van der Waals surface area contributed by atoms with E-state index in [0.717, 1.165) is 10.6 Å². The summed E-state index contributed by atoms with van der Waals surface area (Å²) in [5, 5.41) is 0.812. The van der Waals surface area contributed by atoms with E-state index in [-0.39, 0.29) is 5.56 Å². The molecule has 1 aromatic heterocycles. The monoisotopic (exact) mass is 278 g/mol. The fraction of sp³-hybridized carbons (Fsp3) is 0.154. The Bertz CT molecular complexity index is 578. The largest absolute Gasteiger partial charge is 0.465 e. The lowest BCUT2D eigenvalue weighted by Gasteiger charge is -2.04. The first kappa shape index (κ1) is 13.5. The van der Waals surface area contributed by atoms with Gasteiger partial charge >= 0.3 is 5.97 Å². The Kier molecular flexibility index (Phi) is 4.46. The zero-order valence-electron chi connectivity index (χ0n) is 10.2. The summed E-state index contributed by atoms with van der Waals surface area (Å²) in [6.07, 6.45) is 3.11. The molecule has 0 saturated heterocycles. The third-order valence-corrected chi connectivity index (χ3v) is 3.40. The summed E-state index contributed by atoms with van der Waals surface area (Å²) in [6.45, 7) is 0. The zero-order valence-corrected chi connectivity index (χ0v) is 11.0. The lowest BCUT2D eigenvalue weighted by atomic mass is 10.1. The van der Waals surface area contributed by atoms with Crippen molar-refractivity contribution in [3.8, 4) is 0 Å². The number of methoxy groups -OCH3 is 1. The first-order chi connectivity index (χ1) is 9.20. The van der Waals surface area contributed by atoms with Crippen molar-refractivity contribution >= 4 is 17.7 Å². The minimum atomic E-state index is -0.674. The molecule has 0 spiro atoms. The first-order valence-corrected chi connectivity index (χ1v) is 6.45. The van der Waals surface area contributed by atoms with Crippen LogP contribution in [0.4, 0.5) is 4.39 Å². The minimum absolute atomic E-state index is 0.0571. The molecule has 2 aromatic rings. The van der Waals surface area contributed by atoms with Gasteiger partial charge in [-0.15, -0.1) is 11.8 Å². The van der Waals surface area contributed by atoms with E-state index >= 15 is 0 Å². The van der Waals surface area contributed by atoms with Crippen LogP contribution in [0.1, 0.15) is 15.9 Å². The maximum Gasteiger partial charge on any atom is 0.340 e. The number of halogens is 1. The van der Waals surface area contributed by atoms with Crippen LogP contribution in [0.2, 0.25) is 0 Å². The SMILES string of the molecule is COC(=O)c1ccc(CSc2ccncn2)cc1F. The highest BCUT2D eigenvalue weighted by Crippen LogP contribution is 2.21. The number of nitrogens with zero attached hydrogens (tertiary/aromatic N) is 2. The fourth-order valence-electron chi connectivity index (χ4n) is 1.45. The molecule has 1 heterocycles. The van der Waals surface area contributed by atoms with E-state index in [0.29, 0.717) is 5.75 Å². The second kappa shape index (κ2) is 6.29. The van der Waals surface area contributed by atoms with Gasteiger partial charge in [-0.05, 0) is 23.8 Å². The molecule has 0 radical (unpaired) electrons. The zero-order chi connectivity index (χ0) is 13.7. The summed E-state index contributed by atoms with van der Waals surface area (Å²) in [5.74, 6) is -0.685. The molecule has 0 aliphatic carbocycles. The molecule has 1 aromatic carbocycles. The molecule has 2 rings (SSSR count). The summed E-state index contributed by atoms with van der Waals surface area (Å²) >= 11 is 1.47. The molecule has 0 aliphatic rings. The molecule has 0 N–H and O–H groups in total. The van der Waals surface area contributed by atoms with Crippen LogP contribution in [0, 0.1) is 5.82 Å². The maximum atomic E-state index is 13.7. The molecular weight excluding hydrogens is 267 g/mol. The Labute approximate surface area is 114 Å². The number of aromatic nitrogens is 2. The van der Waals surface area contributed by atoms with Gasteiger partial charge in [-0.2, -0.15) is 0 Å². The van der Waals surface area contributed by atoms with Crippen LogP contribution < -0.4 is 0 Å². The van der Waals surface area contributed by atoms with Gasteiger partial charge in [0.25, 0.3) is 0 Å². The summed E-state index contributed by atoms with van der Waals surface area (Å²) in [4.78, 5) is 19.1. The summed E-state index contributed by atoms with van der Waals surface area (Å²) in [5.41, 5.74) is 0.715. The van der Waals surface area contributed by atoms with Crippen LogP contribution in [0.15, 0.2) is 41.8 Å². The number of carbonyl (C=O) groups is 1. The number of benzene rings is 1. The molecule has 19 heavy (non-hydrogen) atoms. The molecule has 4 nitrogen and oxygen atoms in total. The maximum absolute atomic E-state index is 13.7. The van der Waals surface area contributed by atoms with Crippen LogP contribution in [0.3, 0.4) is 0 Å². The van der Waals surface area contributed by atoms with Gasteiger partial charge in [0.1, 0.15) is 12.1 Å². The Morgan fingerprint density at radius 2 is 2.26 bits per heavy atom. The van der Waals surface area contributed by atoms with Crippen LogP contribution in [-0.2, 0) is 10.5 Å². The normalized spacial score (nSPS) is 10.2. The molecule has 0 unspecified atom stereocenters. The van der Waals surface area contributed by atoms with Crippen molar-refractivity contribution < 1.29 is 13.9 Å². The van der Waals surface area contributed by atoms with E-state index in [1.54, 1.807) is 18.3 Å². The number of hydrogen-bond acceptors (Lipinski definition) is 5. The van der Waals surface area contributed by atoms with Crippen molar-refractivity contribution in [1.29, 1.82) is 0 Å². The van der Waals surface area contributed by atoms with E-state index in [1.165, 1.54) is 37.3 Å². The van der Waals surface area contributed by atoms with Crippen LogP contribution >= 0.6 is 11.8 Å². The summed E-state index contributed by atoms with van der Waals surface area (Å²) in [6, 6.07) is 6.24. The number of rotatable bonds is 4. The highest BCUT2D eigenvalue weighted by molar-refractivity contribution is 7.98. The summed E-state index contributed by atoms with van der Waals surface area (Å²) in [7, 11) is 1.22. The Balaban J connectivity index is 2.06. The van der Waals surface area contributed by atoms with Gasteiger partial charge in [-0.3, -0.25) is 0 Å². The van der Waals surface area contributed by atoms with Gasteiger partial charge < -0.3 is 4.74 Å². The highest BCUT2D eigenvalue weighted by Gasteiger charge is 2.12. The van der Waals surface area contributed by atoms with Gasteiger partial charge in [0, 0.05) is 11.9 Å². The first-order valence-electron chi connectivity index (χ1n) is 5.46. The number of ether oxygens (including phenoxy) is 1. The smallest absolute Gasteiger partial charge is 0.340 e. The van der Waals surface area contributed by atoms with Gasteiger partial charge in [0.05, 0.1) is 17.7 Å². The number of esters is 1. The van der Waals surface area contributed by atoms with Crippen molar-refractivity contribution in [2.45, 2.75) is 10.8 Å². The molecule has 6 heteroatoms. The van der Waals surface area contributed by atoms with E-state index in [4.69, 9.17) is 0 Å². The second-order valence-corrected chi connectivity index (χ2v) is 4.64. The van der Waals surface area contributed by atoms with Crippen molar-refractivity contribution in [2.24, 2.45) is 0 Å². The highest BCUT2D eigenvalue weighted by atomic mass is 32.2. The van der Waals surface area contributed by atoms with E-state index in [9.17, 15) is 9.18 Å². The van der Waals surface area contributed by atoms with Gasteiger partial charge in [-0.25, -0.2) is 19.2 Å². The predicted molar refractivity (Wildman–Crippen MR) is 69.3 cm³/mol. The third kappa shape index (κ3) is 3.51. The van der Waals surface area contributed by atoms with Gasteiger partial charge in [0.15, 0.2) is 0 Å². The average molecular weight is 278 g/mol. The van der Waals surface area contributed by atoms with Crippen LogP contribution in [0.25, 0.3) is 0 Å². The third-order valence-electron chi connectivity index (χ3n) is 2.38. The Hall–Kier alpha value is -1.95. The van der Waals surface area contributed by atoms with Crippen molar-refractivity contribution in [2.75, 3.05) is 7.11 Å². The number of carbonyl (C=O) groups excluding carboxylic acids is 1. The van der Waals surface area contributed by atoms with E-state index in [1.807, 2.05) is 0 Å². The molecular formula is C13H11FN2O2S. The molecule has 0 amide bonds. The van der Waals surface area contributed by atoms with Gasteiger partial charge in [0.2, 0.25) is 0 Å². The lowest BCUT2D eigenvalue weighted by molar-refractivity contribution is 0.0595. The van der Waals surface area contributed by atoms with Crippen molar-refractivity contribution in [1.82, 2.24) is 9.97 Å². The molecule has 0 saturated carbocycles. The predicted octanol–water partition coefficient (Wildman–Crippen LogP) is 2.69. The molecule has 0 fully saturated rings. The molecule has 98 valence electrons. The molecule has 0 atom stereocenters. The standard InChI is InChI=1S/C13H11FN2O2S/c1-18-13(17)10-3-2-9(6-11(10)14)7-19-12-4-5-15-8-16-12/h2-6,8H,7H2,1H3.